The van der Waals surface area contributed by atoms with E-state index in [4.69, 9.17) is 0 Å². The molecule has 0 aliphatic carbocycles. The van der Waals surface area contributed by atoms with Gasteiger partial charge in [-0.25, -0.2) is 0 Å². The molecule has 0 aliphatic rings. The van der Waals surface area contributed by atoms with Gasteiger partial charge in [0, 0.05) is 0 Å². The van der Waals surface area contributed by atoms with Gasteiger partial charge >= 0.3 is 171 Å². The van der Waals surface area contributed by atoms with Gasteiger partial charge in [-0.2, -0.15) is 0 Å². The minimum absolute atomic E-state index is 0.298. The van der Waals surface area contributed by atoms with Crippen molar-refractivity contribution in [2.45, 2.75) is 0 Å². The topological polar surface area (TPSA) is 0 Å². The summed E-state index contributed by atoms with van der Waals surface area (Å²) in [6.45, 7) is 0. The molecule has 0 heterocycles. The summed E-state index contributed by atoms with van der Waals surface area (Å²) < 4.78 is 7.39. The van der Waals surface area contributed by atoms with E-state index in [0.29, 0.717) is 0 Å². The maximum atomic E-state index is 2.37. The quantitative estimate of drug-likeness (QED) is 0.357. The molecular formula is C24H19SeTe+. The van der Waals surface area contributed by atoms with Gasteiger partial charge in [-0.1, -0.05) is 0 Å². The Balaban J connectivity index is 1.66. The fraction of sp³-hybridized carbons (Fsp3) is 0. The summed E-state index contributed by atoms with van der Waals surface area (Å²) in [7, 11) is 0. The van der Waals surface area contributed by atoms with Crippen molar-refractivity contribution >= 4 is 55.4 Å². The van der Waals surface area contributed by atoms with Gasteiger partial charge in [0.2, 0.25) is 0 Å². The first-order chi connectivity index (χ1) is 12.9. The summed E-state index contributed by atoms with van der Waals surface area (Å²) in [5.74, 6) is 0. The molecule has 0 saturated heterocycles. The molecule has 0 aromatic heterocycles. The van der Waals surface area contributed by atoms with Crippen LogP contribution >= 0.6 is 0 Å². The van der Waals surface area contributed by atoms with Gasteiger partial charge in [-0.3, -0.25) is 0 Å². The number of hydrogen-bond acceptors (Lipinski definition) is 0. The fourth-order valence-electron chi connectivity index (χ4n) is 2.79. The van der Waals surface area contributed by atoms with Crippen LogP contribution in [0.15, 0.2) is 115 Å². The van der Waals surface area contributed by atoms with Gasteiger partial charge in [0.25, 0.3) is 0 Å². The van der Waals surface area contributed by atoms with E-state index in [0.717, 1.165) is 0 Å². The second-order valence-electron chi connectivity index (χ2n) is 5.82. The monoisotopic (exact) mass is 517 g/mol. The average molecular weight is 514 g/mol. The molecule has 0 spiro atoms. The van der Waals surface area contributed by atoms with Crippen molar-refractivity contribution in [3.8, 4) is 0 Å². The normalized spacial score (nSPS) is 10.8. The minimum atomic E-state index is -1.23. The van der Waals surface area contributed by atoms with E-state index >= 15 is 0 Å². The SMILES string of the molecule is c1ccc([Te]c2ccc([Se+](c3ccccc3)c3ccccc3)cc2)cc1. The third-order valence-corrected chi connectivity index (χ3v) is 11.6. The summed E-state index contributed by atoms with van der Waals surface area (Å²) >= 11 is -1.53. The van der Waals surface area contributed by atoms with Crippen molar-refractivity contribution in [1.82, 2.24) is 0 Å². The van der Waals surface area contributed by atoms with E-state index in [9.17, 15) is 0 Å². The van der Waals surface area contributed by atoms with Crippen molar-refractivity contribution in [2.75, 3.05) is 0 Å². The molecule has 0 unspecified atom stereocenters. The number of hydrogen-bond donors (Lipinski definition) is 0. The van der Waals surface area contributed by atoms with Crippen LogP contribution in [0.3, 0.4) is 0 Å². The van der Waals surface area contributed by atoms with Crippen LogP contribution in [0.1, 0.15) is 0 Å². The molecule has 0 radical (unpaired) electrons. The molecule has 0 aliphatic heterocycles. The Hall–Kier alpha value is -1.81. The molecular weight excluding hydrogens is 495 g/mol. The van der Waals surface area contributed by atoms with Crippen molar-refractivity contribution in [1.29, 1.82) is 0 Å². The molecule has 0 bridgehead atoms. The molecule has 4 rings (SSSR count). The molecule has 2 heteroatoms. The zero-order chi connectivity index (χ0) is 17.6. The van der Waals surface area contributed by atoms with E-state index in [1.54, 1.807) is 0 Å². The van der Waals surface area contributed by atoms with E-state index < -0.39 is 13.9 Å². The van der Waals surface area contributed by atoms with Crippen LogP contribution < -0.4 is 20.6 Å². The fourth-order valence-corrected chi connectivity index (χ4v) is 9.55. The van der Waals surface area contributed by atoms with Crippen LogP contribution in [0.2, 0.25) is 0 Å². The van der Waals surface area contributed by atoms with E-state index in [-0.39, 0.29) is 20.9 Å². The summed E-state index contributed by atoms with van der Waals surface area (Å²) in [6.07, 6.45) is 0. The molecule has 0 saturated carbocycles. The molecule has 26 heavy (non-hydrogen) atoms. The van der Waals surface area contributed by atoms with E-state index in [1.165, 1.54) is 20.6 Å². The average Bonchev–Trinajstić information content (AvgIpc) is 2.72. The standard InChI is InChI=1S/C24H19SeTe/c1-4-10-20(11-5-1)25(21-12-6-2-7-13-21)22-16-18-24(19-17-22)26-23-14-8-3-9-15-23/h1-19H/q+1. The third-order valence-electron chi connectivity index (χ3n) is 4.00. The second kappa shape index (κ2) is 8.72. The number of rotatable bonds is 5. The number of benzene rings is 4. The Morgan fingerprint density at radius 3 is 1.27 bits per heavy atom. The molecule has 4 aromatic rings. The Bertz CT molecular complexity index is 896. The van der Waals surface area contributed by atoms with Crippen molar-refractivity contribution in [3.05, 3.63) is 115 Å². The first-order valence-corrected chi connectivity index (χ1v) is 13.5. The second-order valence-corrected chi connectivity index (χ2v) is 13.3. The van der Waals surface area contributed by atoms with Gasteiger partial charge in [-0.05, 0) is 0 Å². The molecule has 0 amide bonds. The zero-order valence-corrected chi connectivity index (χ0v) is 18.3. The van der Waals surface area contributed by atoms with Gasteiger partial charge in [0.05, 0.1) is 0 Å². The molecule has 0 atom stereocenters. The van der Waals surface area contributed by atoms with Crippen LogP contribution in [-0.2, 0) is 0 Å². The molecule has 0 N–H and O–H groups in total. The van der Waals surface area contributed by atoms with Gasteiger partial charge in [-0.15, -0.1) is 0 Å². The van der Waals surface area contributed by atoms with E-state index in [1.807, 2.05) is 0 Å². The van der Waals surface area contributed by atoms with E-state index in [2.05, 4.69) is 115 Å². The predicted octanol–water partition coefficient (Wildman–Crippen LogP) is 1.86. The van der Waals surface area contributed by atoms with Crippen LogP contribution in [-0.4, -0.2) is 34.8 Å². The Labute approximate surface area is 169 Å². The Morgan fingerprint density at radius 1 is 0.385 bits per heavy atom. The summed E-state index contributed by atoms with van der Waals surface area (Å²) in [4.78, 5) is 0. The predicted molar refractivity (Wildman–Crippen MR) is 115 cm³/mol. The van der Waals surface area contributed by atoms with Crippen molar-refractivity contribution < 1.29 is 0 Å². The van der Waals surface area contributed by atoms with Crippen molar-refractivity contribution in [3.63, 3.8) is 0 Å². The van der Waals surface area contributed by atoms with Crippen LogP contribution in [0, 0.1) is 0 Å². The molecule has 4 aromatic carbocycles. The van der Waals surface area contributed by atoms with Crippen LogP contribution in [0.4, 0.5) is 0 Å². The zero-order valence-electron chi connectivity index (χ0n) is 14.3. The van der Waals surface area contributed by atoms with Gasteiger partial charge in [0.15, 0.2) is 0 Å². The maximum absolute atomic E-state index is 2.37. The van der Waals surface area contributed by atoms with Gasteiger partial charge < -0.3 is 0 Å². The molecule has 0 nitrogen and oxygen atoms in total. The summed E-state index contributed by atoms with van der Waals surface area (Å²) in [6, 6.07) is 42.3. The summed E-state index contributed by atoms with van der Waals surface area (Å²) in [5.41, 5.74) is 0. The molecule has 0 fully saturated rings. The summed E-state index contributed by atoms with van der Waals surface area (Å²) in [5, 5.41) is 0. The first-order valence-electron chi connectivity index (χ1n) is 8.57. The Morgan fingerprint density at radius 2 is 0.769 bits per heavy atom. The van der Waals surface area contributed by atoms with Crippen LogP contribution in [0.5, 0.6) is 0 Å². The first kappa shape index (κ1) is 17.6. The van der Waals surface area contributed by atoms with Crippen molar-refractivity contribution in [2.24, 2.45) is 0 Å². The van der Waals surface area contributed by atoms with Gasteiger partial charge in [0.1, 0.15) is 0 Å². The molecule has 126 valence electrons. The van der Waals surface area contributed by atoms with Crippen LogP contribution in [0.25, 0.3) is 0 Å². The third kappa shape index (κ3) is 4.29. The Kier molecular flexibility index (Phi) is 5.90.